The molecule has 0 aliphatic heterocycles. The fourth-order valence-corrected chi connectivity index (χ4v) is 1.71. The van der Waals surface area contributed by atoms with Gasteiger partial charge in [0.1, 0.15) is 11.6 Å². The van der Waals surface area contributed by atoms with E-state index in [9.17, 15) is 5.11 Å². The lowest BCUT2D eigenvalue weighted by Crippen LogP contribution is -1.93. The zero-order chi connectivity index (χ0) is 11.8. The van der Waals surface area contributed by atoms with Gasteiger partial charge in [-0.15, -0.1) is 0 Å². The number of rotatable bonds is 1. The number of aromatic nitrogens is 3. The third-order valence-electron chi connectivity index (χ3n) is 2.53. The second kappa shape index (κ2) is 3.48. The van der Waals surface area contributed by atoms with Crippen LogP contribution in [-0.4, -0.2) is 19.5 Å². The smallest absolute Gasteiger partial charge is 0.236 e. The van der Waals surface area contributed by atoms with Gasteiger partial charge in [0.2, 0.25) is 5.78 Å². The standard InChI is InChI=1S/C12H10N4O/c13-11-5-6-16-7-9(14-12(16)15-11)8-3-1-2-4-10(8)17/h1-7,17H,(H2,13,14,15). The molecule has 2 heterocycles. The fourth-order valence-electron chi connectivity index (χ4n) is 1.71. The molecule has 0 unspecified atom stereocenters. The van der Waals surface area contributed by atoms with Crippen molar-refractivity contribution >= 4 is 11.6 Å². The second-order valence-electron chi connectivity index (χ2n) is 3.70. The lowest BCUT2D eigenvalue weighted by molar-refractivity contribution is 0.477. The van der Waals surface area contributed by atoms with Crippen molar-refractivity contribution in [3.05, 3.63) is 42.7 Å². The zero-order valence-corrected chi connectivity index (χ0v) is 8.91. The Balaban J connectivity index is 2.22. The quantitative estimate of drug-likeness (QED) is 0.662. The molecule has 0 bridgehead atoms. The summed E-state index contributed by atoms with van der Waals surface area (Å²) in [5.41, 5.74) is 6.93. The summed E-state index contributed by atoms with van der Waals surface area (Å²) in [6, 6.07) is 8.75. The number of fused-ring (bicyclic) bond motifs is 1. The average molecular weight is 226 g/mol. The van der Waals surface area contributed by atoms with Crippen LogP contribution < -0.4 is 5.73 Å². The lowest BCUT2D eigenvalue weighted by Gasteiger charge is -1.98. The fraction of sp³-hybridized carbons (Fsp3) is 0. The van der Waals surface area contributed by atoms with E-state index in [1.807, 2.05) is 6.07 Å². The van der Waals surface area contributed by atoms with Crippen LogP contribution in [-0.2, 0) is 0 Å². The highest BCUT2D eigenvalue weighted by molar-refractivity contribution is 5.68. The molecule has 0 saturated carbocycles. The highest BCUT2D eigenvalue weighted by atomic mass is 16.3. The van der Waals surface area contributed by atoms with Crippen molar-refractivity contribution in [2.24, 2.45) is 0 Å². The molecule has 17 heavy (non-hydrogen) atoms. The third kappa shape index (κ3) is 1.57. The summed E-state index contributed by atoms with van der Waals surface area (Å²) >= 11 is 0. The molecule has 0 amide bonds. The first-order valence-electron chi connectivity index (χ1n) is 5.13. The van der Waals surface area contributed by atoms with E-state index in [-0.39, 0.29) is 5.75 Å². The van der Waals surface area contributed by atoms with E-state index in [2.05, 4.69) is 9.97 Å². The number of para-hydroxylation sites is 1. The van der Waals surface area contributed by atoms with Crippen molar-refractivity contribution in [1.82, 2.24) is 14.4 Å². The van der Waals surface area contributed by atoms with Crippen molar-refractivity contribution < 1.29 is 5.11 Å². The first-order chi connectivity index (χ1) is 8.24. The van der Waals surface area contributed by atoms with Crippen molar-refractivity contribution in [1.29, 1.82) is 0 Å². The normalized spacial score (nSPS) is 10.8. The number of hydrogen-bond donors (Lipinski definition) is 2. The van der Waals surface area contributed by atoms with E-state index >= 15 is 0 Å². The number of phenols is 1. The molecule has 3 N–H and O–H groups in total. The minimum Gasteiger partial charge on any atom is -0.507 e. The van der Waals surface area contributed by atoms with E-state index in [4.69, 9.17) is 5.73 Å². The molecule has 5 heteroatoms. The van der Waals surface area contributed by atoms with Gasteiger partial charge in [0.15, 0.2) is 0 Å². The van der Waals surface area contributed by atoms with E-state index in [0.29, 0.717) is 22.9 Å². The Morgan fingerprint density at radius 3 is 2.76 bits per heavy atom. The molecule has 5 nitrogen and oxygen atoms in total. The number of hydrogen-bond acceptors (Lipinski definition) is 4. The number of phenolic OH excluding ortho intramolecular Hbond substituents is 1. The van der Waals surface area contributed by atoms with Gasteiger partial charge in [-0.25, -0.2) is 4.98 Å². The molecule has 0 aliphatic rings. The summed E-state index contributed by atoms with van der Waals surface area (Å²) in [6.45, 7) is 0. The van der Waals surface area contributed by atoms with Gasteiger partial charge in [0.05, 0.1) is 5.69 Å². The van der Waals surface area contributed by atoms with Crippen LogP contribution in [0.25, 0.3) is 17.0 Å². The van der Waals surface area contributed by atoms with Crippen molar-refractivity contribution in [3.8, 4) is 17.0 Å². The maximum Gasteiger partial charge on any atom is 0.236 e. The predicted molar refractivity (Wildman–Crippen MR) is 64.5 cm³/mol. The Kier molecular flexibility index (Phi) is 1.98. The summed E-state index contributed by atoms with van der Waals surface area (Å²) in [7, 11) is 0. The van der Waals surface area contributed by atoms with Gasteiger partial charge in [-0.1, -0.05) is 12.1 Å². The zero-order valence-electron chi connectivity index (χ0n) is 8.91. The van der Waals surface area contributed by atoms with E-state index in [1.165, 1.54) is 0 Å². The number of anilines is 1. The van der Waals surface area contributed by atoms with Crippen LogP contribution in [0.3, 0.4) is 0 Å². The number of nitrogen functional groups attached to an aromatic ring is 1. The Morgan fingerprint density at radius 1 is 1.12 bits per heavy atom. The van der Waals surface area contributed by atoms with Crippen LogP contribution in [0, 0.1) is 0 Å². The van der Waals surface area contributed by atoms with Crippen molar-refractivity contribution in [2.45, 2.75) is 0 Å². The summed E-state index contributed by atoms with van der Waals surface area (Å²) in [5, 5.41) is 9.75. The molecule has 0 atom stereocenters. The monoisotopic (exact) mass is 226 g/mol. The lowest BCUT2D eigenvalue weighted by atomic mass is 10.1. The maximum atomic E-state index is 9.75. The molecule has 0 radical (unpaired) electrons. The van der Waals surface area contributed by atoms with Gasteiger partial charge >= 0.3 is 0 Å². The molecule has 1 aromatic carbocycles. The number of nitrogens with two attached hydrogens (primary N) is 1. The van der Waals surface area contributed by atoms with Gasteiger partial charge in [-0.05, 0) is 18.2 Å². The number of imidazole rings is 1. The van der Waals surface area contributed by atoms with Crippen LogP contribution in [0.1, 0.15) is 0 Å². The summed E-state index contributed by atoms with van der Waals surface area (Å²) < 4.78 is 1.76. The van der Waals surface area contributed by atoms with E-state index in [1.54, 1.807) is 41.1 Å². The van der Waals surface area contributed by atoms with Crippen LogP contribution in [0.5, 0.6) is 5.75 Å². The molecule has 84 valence electrons. The van der Waals surface area contributed by atoms with Crippen LogP contribution >= 0.6 is 0 Å². The largest absolute Gasteiger partial charge is 0.507 e. The highest BCUT2D eigenvalue weighted by Gasteiger charge is 2.08. The maximum absolute atomic E-state index is 9.75. The highest BCUT2D eigenvalue weighted by Crippen LogP contribution is 2.27. The first-order valence-corrected chi connectivity index (χ1v) is 5.13. The van der Waals surface area contributed by atoms with Crippen molar-refractivity contribution in [2.75, 3.05) is 5.73 Å². The molecule has 0 saturated heterocycles. The van der Waals surface area contributed by atoms with E-state index < -0.39 is 0 Å². The molecule has 3 aromatic rings. The Hall–Kier alpha value is -2.56. The second-order valence-corrected chi connectivity index (χ2v) is 3.70. The summed E-state index contributed by atoms with van der Waals surface area (Å²) in [6.07, 6.45) is 3.59. The topological polar surface area (TPSA) is 76.4 Å². The number of aromatic hydroxyl groups is 1. The number of nitrogens with zero attached hydrogens (tertiary/aromatic N) is 3. The Labute approximate surface area is 97.2 Å². The predicted octanol–water partition coefficient (Wildman–Crippen LogP) is 1.68. The molecule has 2 aromatic heterocycles. The van der Waals surface area contributed by atoms with Crippen LogP contribution in [0.4, 0.5) is 5.82 Å². The van der Waals surface area contributed by atoms with Gasteiger partial charge in [0, 0.05) is 18.0 Å². The average Bonchev–Trinajstić information content (AvgIpc) is 2.72. The van der Waals surface area contributed by atoms with Gasteiger partial charge in [-0.3, -0.25) is 4.40 Å². The molecule has 0 spiro atoms. The summed E-state index contributed by atoms with van der Waals surface area (Å²) in [5.74, 6) is 1.14. The molecular formula is C12H10N4O. The minimum atomic E-state index is 0.198. The SMILES string of the molecule is Nc1ccn2cc(-c3ccccc3O)nc2n1. The van der Waals surface area contributed by atoms with Gasteiger partial charge < -0.3 is 10.8 Å². The summed E-state index contributed by atoms with van der Waals surface area (Å²) in [4.78, 5) is 8.42. The van der Waals surface area contributed by atoms with Gasteiger partial charge in [-0.2, -0.15) is 4.98 Å². The van der Waals surface area contributed by atoms with Gasteiger partial charge in [0.25, 0.3) is 0 Å². The molecule has 3 rings (SSSR count). The minimum absolute atomic E-state index is 0.198. The van der Waals surface area contributed by atoms with E-state index in [0.717, 1.165) is 0 Å². The molecule has 0 aliphatic carbocycles. The van der Waals surface area contributed by atoms with Crippen molar-refractivity contribution in [3.63, 3.8) is 0 Å². The molecule has 0 fully saturated rings. The van der Waals surface area contributed by atoms with Crippen LogP contribution in [0.2, 0.25) is 0 Å². The molecular weight excluding hydrogens is 216 g/mol. The Bertz CT molecular complexity index is 690. The Morgan fingerprint density at radius 2 is 1.94 bits per heavy atom. The van der Waals surface area contributed by atoms with Crippen LogP contribution in [0.15, 0.2) is 42.7 Å². The number of benzene rings is 1. The third-order valence-corrected chi connectivity index (χ3v) is 2.53. The first kappa shape index (κ1) is 9.65.